The average Bonchev–Trinajstić information content (AvgIpc) is 2.93. The van der Waals surface area contributed by atoms with Gasteiger partial charge < -0.3 is 4.74 Å². The number of benzene rings is 1. The molecule has 2 rings (SSSR count). The second-order valence-electron chi connectivity index (χ2n) is 4.02. The maximum absolute atomic E-state index is 11.8. The molecular formula is C13H14BrN3O2S2. The number of nitrogens with one attached hydrogen (secondary N) is 1. The summed E-state index contributed by atoms with van der Waals surface area (Å²) >= 11 is 6.25. The van der Waals surface area contributed by atoms with Crippen LogP contribution < -0.4 is 10.1 Å². The summed E-state index contributed by atoms with van der Waals surface area (Å²) in [6.45, 7) is 1.99. The highest BCUT2D eigenvalue weighted by atomic mass is 79.9. The van der Waals surface area contributed by atoms with Gasteiger partial charge in [-0.1, -0.05) is 46.0 Å². The van der Waals surface area contributed by atoms with Gasteiger partial charge in [0.2, 0.25) is 5.13 Å². The van der Waals surface area contributed by atoms with Crippen molar-refractivity contribution in [3.05, 3.63) is 28.2 Å². The number of rotatable bonds is 6. The lowest BCUT2D eigenvalue weighted by Gasteiger charge is -2.10. The molecule has 0 aliphatic heterocycles. The third-order valence-electron chi connectivity index (χ3n) is 2.59. The van der Waals surface area contributed by atoms with Gasteiger partial charge in [-0.25, -0.2) is 0 Å². The number of aromatic nitrogens is 2. The summed E-state index contributed by atoms with van der Waals surface area (Å²) < 4.78 is 7.38. The van der Waals surface area contributed by atoms with Crippen molar-refractivity contribution in [1.29, 1.82) is 0 Å². The van der Waals surface area contributed by atoms with Crippen molar-refractivity contribution >= 4 is 50.1 Å². The minimum Gasteiger partial charge on any atom is -0.483 e. The number of carbonyl (C=O) groups excluding carboxylic acids is 1. The number of hydrogen-bond acceptors (Lipinski definition) is 6. The topological polar surface area (TPSA) is 64.1 Å². The molecule has 0 saturated carbocycles. The van der Waals surface area contributed by atoms with Gasteiger partial charge in [0, 0.05) is 4.47 Å². The van der Waals surface area contributed by atoms with Crippen LogP contribution in [0.1, 0.15) is 12.5 Å². The zero-order valence-electron chi connectivity index (χ0n) is 11.6. The van der Waals surface area contributed by atoms with Crippen molar-refractivity contribution in [3.63, 3.8) is 0 Å². The van der Waals surface area contributed by atoms with Gasteiger partial charge in [-0.15, -0.1) is 10.2 Å². The van der Waals surface area contributed by atoms with Crippen LogP contribution in [0, 0.1) is 0 Å². The Morgan fingerprint density at radius 2 is 2.29 bits per heavy atom. The van der Waals surface area contributed by atoms with E-state index in [0.29, 0.717) is 5.13 Å². The van der Waals surface area contributed by atoms with Crippen molar-refractivity contribution in [2.24, 2.45) is 0 Å². The minimum atomic E-state index is -0.247. The second kappa shape index (κ2) is 7.77. The predicted molar refractivity (Wildman–Crippen MR) is 89.3 cm³/mol. The Kier molecular flexibility index (Phi) is 6.01. The van der Waals surface area contributed by atoms with Crippen LogP contribution >= 0.6 is 39.0 Å². The van der Waals surface area contributed by atoms with Crippen molar-refractivity contribution in [3.8, 4) is 5.75 Å². The van der Waals surface area contributed by atoms with E-state index in [-0.39, 0.29) is 12.5 Å². The lowest BCUT2D eigenvalue weighted by Crippen LogP contribution is -2.20. The van der Waals surface area contributed by atoms with E-state index in [1.54, 1.807) is 0 Å². The fourth-order valence-electron chi connectivity index (χ4n) is 1.61. The zero-order valence-corrected chi connectivity index (χ0v) is 14.8. The van der Waals surface area contributed by atoms with Crippen molar-refractivity contribution < 1.29 is 9.53 Å². The highest BCUT2D eigenvalue weighted by molar-refractivity contribution is 9.10. The normalized spacial score (nSPS) is 10.4. The third-order valence-corrected chi connectivity index (χ3v) is 4.90. The summed E-state index contributed by atoms with van der Waals surface area (Å²) in [4.78, 5) is 11.8. The summed E-state index contributed by atoms with van der Waals surface area (Å²) in [5.74, 6) is 0.474. The number of anilines is 1. The number of halogens is 1. The van der Waals surface area contributed by atoms with E-state index in [4.69, 9.17) is 4.74 Å². The van der Waals surface area contributed by atoms with Gasteiger partial charge in [0.1, 0.15) is 5.75 Å². The van der Waals surface area contributed by atoms with Crippen molar-refractivity contribution in [1.82, 2.24) is 10.2 Å². The molecule has 1 amide bonds. The van der Waals surface area contributed by atoms with Crippen LogP contribution in [0.4, 0.5) is 5.13 Å². The summed E-state index contributed by atoms with van der Waals surface area (Å²) in [6, 6.07) is 5.73. The van der Waals surface area contributed by atoms with E-state index < -0.39 is 0 Å². The molecular weight excluding hydrogens is 374 g/mol. The number of aryl methyl sites for hydroxylation is 1. The Balaban J connectivity index is 1.92. The van der Waals surface area contributed by atoms with Crippen LogP contribution in [0.15, 0.2) is 27.0 Å². The summed E-state index contributed by atoms with van der Waals surface area (Å²) in [6.07, 6.45) is 2.75. The largest absolute Gasteiger partial charge is 0.483 e. The third kappa shape index (κ3) is 4.69. The molecule has 1 aromatic heterocycles. The van der Waals surface area contributed by atoms with Gasteiger partial charge in [0.25, 0.3) is 5.91 Å². The number of hydrogen-bond donors (Lipinski definition) is 1. The zero-order chi connectivity index (χ0) is 15.2. The molecule has 1 N–H and O–H groups in total. The Labute approximate surface area is 139 Å². The van der Waals surface area contributed by atoms with Gasteiger partial charge in [0.05, 0.1) is 0 Å². The first-order valence-electron chi connectivity index (χ1n) is 6.21. The number of nitrogens with zero attached hydrogens (tertiary/aromatic N) is 2. The maximum Gasteiger partial charge on any atom is 0.264 e. The molecule has 0 unspecified atom stereocenters. The van der Waals surface area contributed by atoms with E-state index in [2.05, 4.69) is 31.4 Å². The molecule has 112 valence electrons. The van der Waals surface area contributed by atoms with Gasteiger partial charge >= 0.3 is 0 Å². The van der Waals surface area contributed by atoms with Crippen LogP contribution in [0.25, 0.3) is 0 Å². The molecule has 1 aromatic carbocycles. The average molecular weight is 388 g/mol. The Morgan fingerprint density at radius 3 is 2.95 bits per heavy atom. The standard InChI is InChI=1S/C13H14BrN3O2S2/c1-3-8-6-9(14)4-5-10(8)19-7-11(18)15-12-16-17-13(20-2)21-12/h4-6H,3,7H2,1-2H3,(H,15,16,18). The molecule has 0 spiro atoms. The summed E-state index contributed by atoms with van der Waals surface area (Å²) in [5, 5.41) is 11.0. The lowest BCUT2D eigenvalue weighted by molar-refractivity contribution is -0.118. The molecule has 5 nitrogen and oxygen atoms in total. The number of thioether (sulfide) groups is 1. The highest BCUT2D eigenvalue weighted by Gasteiger charge is 2.10. The summed E-state index contributed by atoms with van der Waals surface area (Å²) in [7, 11) is 0. The fourth-order valence-corrected chi connectivity index (χ4v) is 3.20. The van der Waals surface area contributed by atoms with E-state index in [9.17, 15) is 4.79 Å². The fraction of sp³-hybridized carbons (Fsp3) is 0.308. The van der Waals surface area contributed by atoms with E-state index in [0.717, 1.165) is 26.5 Å². The summed E-state index contributed by atoms with van der Waals surface area (Å²) in [5.41, 5.74) is 1.05. The molecule has 0 bridgehead atoms. The first-order valence-corrected chi connectivity index (χ1v) is 9.04. The quantitative estimate of drug-likeness (QED) is 0.605. The van der Waals surface area contributed by atoms with Crippen molar-refractivity contribution in [2.45, 2.75) is 17.7 Å². The predicted octanol–water partition coefficient (Wildman–Crippen LogP) is 3.60. The molecule has 0 saturated heterocycles. The van der Waals surface area contributed by atoms with E-state index >= 15 is 0 Å². The van der Waals surface area contributed by atoms with Crippen LogP contribution in [0.3, 0.4) is 0 Å². The number of ether oxygens (including phenoxy) is 1. The first-order chi connectivity index (χ1) is 10.1. The maximum atomic E-state index is 11.8. The van der Waals surface area contributed by atoms with Crippen LogP contribution in [-0.4, -0.2) is 29.0 Å². The van der Waals surface area contributed by atoms with E-state index in [1.807, 2.05) is 31.4 Å². The van der Waals surface area contributed by atoms with Gasteiger partial charge in [-0.2, -0.15) is 0 Å². The molecule has 0 radical (unpaired) electrons. The smallest absolute Gasteiger partial charge is 0.264 e. The monoisotopic (exact) mass is 387 g/mol. The second-order valence-corrected chi connectivity index (χ2v) is 6.97. The van der Waals surface area contributed by atoms with Crippen LogP contribution in [0.5, 0.6) is 5.75 Å². The van der Waals surface area contributed by atoms with Crippen molar-refractivity contribution in [2.75, 3.05) is 18.2 Å². The number of carbonyl (C=O) groups is 1. The lowest BCUT2D eigenvalue weighted by atomic mass is 10.1. The molecule has 8 heteroatoms. The van der Waals surface area contributed by atoms with Gasteiger partial charge in [-0.3, -0.25) is 10.1 Å². The number of amides is 1. The van der Waals surface area contributed by atoms with Crippen LogP contribution in [0.2, 0.25) is 0 Å². The molecule has 0 aliphatic rings. The van der Waals surface area contributed by atoms with Gasteiger partial charge in [0.15, 0.2) is 10.9 Å². The van der Waals surface area contributed by atoms with E-state index in [1.165, 1.54) is 23.1 Å². The van der Waals surface area contributed by atoms with Gasteiger partial charge in [-0.05, 0) is 36.4 Å². The first kappa shape index (κ1) is 16.3. The SMILES string of the molecule is CCc1cc(Br)ccc1OCC(=O)Nc1nnc(SC)s1. The molecule has 0 atom stereocenters. The Bertz CT molecular complexity index is 634. The Morgan fingerprint density at radius 1 is 1.48 bits per heavy atom. The van der Waals surface area contributed by atoms with Crippen LogP contribution in [-0.2, 0) is 11.2 Å². The molecule has 0 aliphatic carbocycles. The molecule has 2 aromatic rings. The molecule has 0 fully saturated rings. The molecule has 1 heterocycles. The molecule has 21 heavy (non-hydrogen) atoms. The highest BCUT2D eigenvalue weighted by Crippen LogP contribution is 2.24. The Hall–Kier alpha value is -1.12. The minimum absolute atomic E-state index is 0.0528.